The molecule has 1 aliphatic carbocycles. The summed E-state index contributed by atoms with van der Waals surface area (Å²) in [7, 11) is 1.58. The van der Waals surface area contributed by atoms with Gasteiger partial charge < -0.3 is 0 Å². The second-order valence-corrected chi connectivity index (χ2v) is 17.6. The van der Waals surface area contributed by atoms with Crippen molar-refractivity contribution in [2.75, 3.05) is 14.2 Å². The van der Waals surface area contributed by atoms with Crippen LogP contribution in [0, 0.1) is 5.41 Å². The van der Waals surface area contributed by atoms with Gasteiger partial charge in [-0.15, -0.1) is 0 Å². The van der Waals surface area contributed by atoms with Crippen molar-refractivity contribution in [1.29, 1.82) is 0 Å². The molecule has 0 N–H and O–H groups in total. The fourth-order valence-electron chi connectivity index (χ4n) is 3.91. The molecule has 3 nitrogen and oxygen atoms in total. The van der Waals surface area contributed by atoms with Crippen molar-refractivity contribution in [3.8, 4) is 11.5 Å². The topological polar surface area (TPSA) is 27.7 Å². The molecule has 0 heterocycles. The molecule has 1 aliphatic rings. The van der Waals surface area contributed by atoms with Crippen LogP contribution in [0.2, 0.25) is 18.1 Å². The summed E-state index contributed by atoms with van der Waals surface area (Å²) < 4.78 is 19.7. The van der Waals surface area contributed by atoms with Crippen LogP contribution in [-0.2, 0) is 16.2 Å². The molecule has 0 fully saturated rings. The molecule has 1 atom stereocenters. The first-order valence-corrected chi connectivity index (χ1v) is 16.0. The predicted molar refractivity (Wildman–Crippen MR) is 134 cm³/mol. The van der Waals surface area contributed by atoms with Crippen LogP contribution < -0.4 is 13.9 Å². The van der Waals surface area contributed by atoms with Gasteiger partial charge in [-0.3, -0.25) is 0 Å². The minimum atomic E-state index is -1.92. The van der Waals surface area contributed by atoms with Gasteiger partial charge in [-0.2, -0.15) is 0 Å². The third-order valence-electron chi connectivity index (χ3n) is 6.85. The summed E-state index contributed by atoms with van der Waals surface area (Å²) in [4.78, 5) is 0. The SMILES string of the molecule is COc1ccc(C[Se]c2c(OC)ccc3c2[C@@H](O[Si](C)(C)C(C)(C)C)C(C)(C)C3)cc1. The zero-order valence-corrected chi connectivity index (χ0v) is 23.3. The van der Waals surface area contributed by atoms with Gasteiger partial charge in [0.25, 0.3) is 0 Å². The molecule has 0 aliphatic heterocycles. The molecule has 0 saturated carbocycles. The van der Waals surface area contributed by atoms with Gasteiger partial charge >= 0.3 is 196 Å². The van der Waals surface area contributed by atoms with E-state index in [-0.39, 0.29) is 31.5 Å². The van der Waals surface area contributed by atoms with Gasteiger partial charge in [0.2, 0.25) is 0 Å². The molecule has 0 amide bonds. The van der Waals surface area contributed by atoms with E-state index < -0.39 is 8.32 Å². The van der Waals surface area contributed by atoms with Gasteiger partial charge in [0, 0.05) is 0 Å². The number of ether oxygens (including phenoxy) is 2. The van der Waals surface area contributed by atoms with Crippen LogP contribution in [0.1, 0.15) is 57.4 Å². The summed E-state index contributed by atoms with van der Waals surface area (Å²) in [6.07, 6.45) is 1.17. The Morgan fingerprint density at radius 1 is 1.00 bits per heavy atom. The van der Waals surface area contributed by atoms with E-state index >= 15 is 0 Å². The van der Waals surface area contributed by atoms with Gasteiger partial charge in [-0.05, 0) is 0 Å². The van der Waals surface area contributed by atoms with Crippen LogP contribution >= 0.6 is 0 Å². The van der Waals surface area contributed by atoms with Crippen LogP contribution in [0.25, 0.3) is 0 Å². The van der Waals surface area contributed by atoms with Crippen LogP contribution in [-0.4, -0.2) is 37.5 Å². The molecular formula is C26H38O3SeSi. The number of benzene rings is 2. The number of rotatable bonds is 7. The molecule has 5 heteroatoms. The maximum absolute atomic E-state index is 7.10. The number of fused-ring (bicyclic) bond motifs is 1. The monoisotopic (exact) mass is 506 g/mol. The van der Waals surface area contributed by atoms with E-state index in [1.54, 1.807) is 14.2 Å². The molecule has 0 unspecified atom stereocenters. The number of methoxy groups -OCH3 is 2. The summed E-state index contributed by atoms with van der Waals surface area (Å²) in [5.74, 6) is 1.91. The Morgan fingerprint density at radius 2 is 1.65 bits per heavy atom. The van der Waals surface area contributed by atoms with Crippen molar-refractivity contribution in [2.24, 2.45) is 5.41 Å². The van der Waals surface area contributed by atoms with Crippen molar-refractivity contribution in [2.45, 2.75) is 70.6 Å². The number of hydrogen-bond acceptors (Lipinski definition) is 3. The Hall–Kier alpha value is -1.26. The molecule has 0 saturated heterocycles. The van der Waals surface area contributed by atoms with Gasteiger partial charge in [-0.25, -0.2) is 0 Å². The fraction of sp³-hybridized carbons (Fsp3) is 0.538. The first-order chi connectivity index (χ1) is 14.4. The van der Waals surface area contributed by atoms with Crippen molar-refractivity contribution in [3.63, 3.8) is 0 Å². The van der Waals surface area contributed by atoms with Gasteiger partial charge in [-0.1, -0.05) is 0 Å². The molecule has 0 spiro atoms. The van der Waals surface area contributed by atoms with Crippen molar-refractivity contribution < 1.29 is 13.9 Å². The van der Waals surface area contributed by atoms with Crippen LogP contribution in [0.15, 0.2) is 36.4 Å². The third-order valence-corrected chi connectivity index (χ3v) is 13.8. The zero-order chi connectivity index (χ0) is 23.0. The Bertz CT molecular complexity index is 913. The van der Waals surface area contributed by atoms with E-state index in [9.17, 15) is 0 Å². The van der Waals surface area contributed by atoms with Gasteiger partial charge in [0.05, 0.1) is 0 Å². The fourth-order valence-corrected chi connectivity index (χ4v) is 7.79. The average Bonchev–Trinajstić information content (AvgIpc) is 2.95. The Labute approximate surface area is 196 Å². The summed E-state index contributed by atoms with van der Waals surface area (Å²) in [5.41, 5.74) is 4.25. The molecule has 170 valence electrons. The molecule has 0 radical (unpaired) electrons. The third kappa shape index (κ3) is 5.06. The Morgan fingerprint density at radius 3 is 2.19 bits per heavy atom. The summed E-state index contributed by atoms with van der Waals surface area (Å²) >= 11 is 0.251. The van der Waals surface area contributed by atoms with Crippen LogP contribution in [0.3, 0.4) is 0 Å². The molecule has 0 bridgehead atoms. The number of hydrogen-bond donors (Lipinski definition) is 0. The average molecular weight is 506 g/mol. The molecule has 2 aromatic rings. The second kappa shape index (κ2) is 8.94. The Kier molecular flexibility index (Phi) is 7.03. The van der Waals surface area contributed by atoms with E-state index in [2.05, 4.69) is 72.0 Å². The maximum atomic E-state index is 7.10. The van der Waals surface area contributed by atoms with Crippen molar-refractivity contribution in [1.82, 2.24) is 0 Å². The predicted octanol–water partition coefficient (Wildman–Crippen LogP) is 5.88. The van der Waals surface area contributed by atoms with E-state index in [0.717, 1.165) is 23.2 Å². The van der Waals surface area contributed by atoms with Crippen molar-refractivity contribution in [3.05, 3.63) is 53.1 Å². The van der Waals surface area contributed by atoms with Crippen LogP contribution in [0.4, 0.5) is 0 Å². The zero-order valence-electron chi connectivity index (χ0n) is 20.6. The van der Waals surface area contributed by atoms with Gasteiger partial charge in [0.1, 0.15) is 0 Å². The van der Waals surface area contributed by atoms with Crippen LogP contribution in [0.5, 0.6) is 11.5 Å². The summed E-state index contributed by atoms with van der Waals surface area (Å²) in [6.45, 7) is 16.4. The van der Waals surface area contributed by atoms with E-state index in [0.29, 0.717) is 0 Å². The Balaban J connectivity index is 1.98. The van der Waals surface area contributed by atoms with Crippen molar-refractivity contribution >= 4 is 27.7 Å². The molecule has 3 rings (SSSR count). The summed E-state index contributed by atoms with van der Waals surface area (Å²) in [5, 5.41) is 1.20. The van der Waals surface area contributed by atoms with E-state index in [1.807, 2.05) is 12.1 Å². The second-order valence-electron chi connectivity index (χ2n) is 10.7. The molecule has 31 heavy (non-hydrogen) atoms. The molecular weight excluding hydrogens is 467 g/mol. The quantitative estimate of drug-likeness (QED) is 0.440. The van der Waals surface area contributed by atoms with E-state index in [4.69, 9.17) is 13.9 Å². The standard InChI is InChI=1S/C26H38O3SeSi/c1-25(2,3)31(8,9)29-24-22-19(16-26(24,4)5)12-15-21(28-7)23(22)30-17-18-10-13-20(27-6)14-11-18/h10-15,24H,16-17H2,1-9H3/t24-/m1/s1. The first kappa shape index (κ1) is 24.4. The molecule has 0 aromatic heterocycles. The summed E-state index contributed by atoms with van der Waals surface area (Å²) in [6, 6.07) is 12.9. The van der Waals surface area contributed by atoms with Gasteiger partial charge in [0.15, 0.2) is 0 Å². The molecule has 2 aromatic carbocycles. The normalized spacial score (nSPS) is 18.0. The minimum absolute atomic E-state index is 0.0785. The van der Waals surface area contributed by atoms with E-state index in [1.165, 1.54) is 21.2 Å². The first-order valence-electron chi connectivity index (χ1n) is 11.0.